The van der Waals surface area contributed by atoms with E-state index in [0.717, 1.165) is 6.54 Å². The Balaban J connectivity index is 1.81. The molecule has 1 aliphatic rings. The number of nitrogens with one attached hydrogen (secondary N) is 3. The average Bonchev–Trinajstić information content (AvgIpc) is 2.80. The molecule has 0 aliphatic carbocycles. The van der Waals surface area contributed by atoms with E-state index < -0.39 is 6.03 Å². The molecule has 3 N–H and O–H groups in total. The molecular weight excluding hydrogens is 444 g/mol. The first kappa shape index (κ1) is 24.8. The third-order valence-corrected chi connectivity index (χ3v) is 5.84. The number of urea groups is 1. The molecule has 1 aliphatic heterocycles. The maximum Gasteiger partial charge on any atom is 0.323 e. The van der Waals surface area contributed by atoms with Gasteiger partial charge in [-0.05, 0) is 55.3 Å². The van der Waals surface area contributed by atoms with Gasteiger partial charge in [-0.2, -0.15) is 0 Å². The first-order valence-corrected chi connectivity index (χ1v) is 11.3. The summed E-state index contributed by atoms with van der Waals surface area (Å²) in [6.07, 6.45) is -0.117. The quantitative estimate of drug-likeness (QED) is 0.623. The zero-order valence-corrected chi connectivity index (χ0v) is 20.1. The van der Waals surface area contributed by atoms with Crippen molar-refractivity contribution in [1.29, 1.82) is 0 Å². The van der Waals surface area contributed by atoms with E-state index in [4.69, 9.17) is 21.1 Å². The third-order valence-electron chi connectivity index (χ3n) is 5.58. The number of nitrogens with zero attached hydrogens (tertiary/aromatic N) is 1. The largest absolute Gasteiger partial charge is 0.491 e. The molecule has 9 heteroatoms. The molecule has 3 rings (SSSR count). The van der Waals surface area contributed by atoms with Gasteiger partial charge in [0, 0.05) is 49.7 Å². The molecule has 0 unspecified atom stereocenters. The molecule has 3 amide bonds. The molecule has 2 aromatic carbocycles. The number of carbonyl (C=O) groups excluding carboxylic acids is 2. The smallest absolute Gasteiger partial charge is 0.323 e. The van der Waals surface area contributed by atoms with Crippen LogP contribution in [0.2, 0.25) is 5.02 Å². The van der Waals surface area contributed by atoms with Gasteiger partial charge in [0.2, 0.25) is 0 Å². The maximum absolute atomic E-state index is 13.3. The molecule has 0 spiro atoms. The average molecular weight is 475 g/mol. The number of amides is 3. The van der Waals surface area contributed by atoms with Gasteiger partial charge in [0.15, 0.2) is 0 Å². The van der Waals surface area contributed by atoms with E-state index in [1.165, 1.54) is 0 Å². The second-order valence-corrected chi connectivity index (χ2v) is 8.79. The SMILES string of the molecule is CO[C@H]1CN(C)C(=O)c2cc(NC(=O)Nc3ccc(Cl)cc3)ccc2OC[C@@H](C)NC[C@H]1C. The van der Waals surface area contributed by atoms with Gasteiger partial charge in [0.05, 0.1) is 11.7 Å². The molecule has 8 nitrogen and oxygen atoms in total. The molecule has 2 aromatic rings. The van der Waals surface area contributed by atoms with Gasteiger partial charge in [-0.25, -0.2) is 4.79 Å². The van der Waals surface area contributed by atoms with Crippen LogP contribution in [0.4, 0.5) is 16.2 Å². The van der Waals surface area contributed by atoms with Crippen molar-refractivity contribution in [2.45, 2.75) is 26.0 Å². The Morgan fingerprint density at radius 3 is 2.52 bits per heavy atom. The summed E-state index contributed by atoms with van der Waals surface area (Å²) in [5.41, 5.74) is 1.45. The second kappa shape index (κ2) is 11.4. The topological polar surface area (TPSA) is 91.9 Å². The summed E-state index contributed by atoms with van der Waals surface area (Å²) < 4.78 is 11.6. The van der Waals surface area contributed by atoms with Crippen molar-refractivity contribution in [3.8, 4) is 5.75 Å². The molecule has 3 atom stereocenters. The van der Waals surface area contributed by atoms with E-state index in [1.54, 1.807) is 61.5 Å². The van der Waals surface area contributed by atoms with Crippen LogP contribution in [0.5, 0.6) is 5.75 Å². The van der Waals surface area contributed by atoms with E-state index in [9.17, 15) is 9.59 Å². The van der Waals surface area contributed by atoms with Crippen molar-refractivity contribution in [2.75, 3.05) is 44.5 Å². The molecule has 0 saturated carbocycles. The summed E-state index contributed by atoms with van der Waals surface area (Å²) in [6, 6.07) is 11.5. The first-order chi connectivity index (χ1) is 15.8. The third kappa shape index (κ3) is 6.83. The predicted octanol–water partition coefficient (Wildman–Crippen LogP) is 4.08. The van der Waals surface area contributed by atoms with E-state index in [0.29, 0.717) is 40.9 Å². The number of rotatable bonds is 3. The minimum Gasteiger partial charge on any atom is -0.491 e. The zero-order chi connectivity index (χ0) is 24.0. The molecule has 0 fully saturated rings. The van der Waals surface area contributed by atoms with Gasteiger partial charge in [0.1, 0.15) is 12.4 Å². The van der Waals surface area contributed by atoms with Gasteiger partial charge in [0.25, 0.3) is 5.91 Å². The number of anilines is 2. The lowest BCUT2D eigenvalue weighted by atomic mass is 10.0. The number of fused-ring (bicyclic) bond motifs is 1. The molecule has 178 valence electrons. The second-order valence-electron chi connectivity index (χ2n) is 8.35. The number of benzene rings is 2. The van der Waals surface area contributed by atoms with Crippen LogP contribution in [0.15, 0.2) is 42.5 Å². The van der Waals surface area contributed by atoms with Crippen LogP contribution in [-0.4, -0.2) is 62.8 Å². The fraction of sp³-hybridized carbons (Fsp3) is 0.417. The first-order valence-electron chi connectivity index (χ1n) is 10.9. The summed E-state index contributed by atoms with van der Waals surface area (Å²) in [7, 11) is 3.40. The normalized spacial score (nSPS) is 21.8. The molecule has 33 heavy (non-hydrogen) atoms. The number of halogens is 1. The number of hydrogen-bond acceptors (Lipinski definition) is 5. The van der Waals surface area contributed by atoms with Crippen molar-refractivity contribution in [1.82, 2.24) is 10.2 Å². The molecule has 0 aromatic heterocycles. The highest BCUT2D eigenvalue weighted by Crippen LogP contribution is 2.26. The lowest BCUT2D eigenvalue weighted by molar-refractivity contribution is 0.0281. The maximum atomic E-state index is 13.3. The summed E-state index contributed by atoms with van der Waals surface area (Å²) in [6.45, 7) is 5.71. The Bertz CT molecular complexity index is 969. The van der Waals surface area contributed by atoms with E-state index in [2.05, 4.69) is 22.9 Å². The number of ether oxygens (including phenoxy) is 2. The lowest BCUT2D eigenvalue weighted by Crippen LogP contribution is -2.44. The zero-order valence-electron chi connectivity index (χ0n) is 19.4. The highest BCUT2D eigenvalue weighted by atomic mass is 35.5. The highest BCUT2D eigenvalue weighted by Gasteiger charge is 2.25. The van der Waals surface area contributed by atoms with Crippen LogP contribution >= 0.6 is 11.6 Å². The molecule has 0 bridgehead atoms. The molecule has 0 saturated heterocycles. The summed E-state index contributed by atoms with van der Waals surface area (Å²) in [5.74, 6) is 0.463. The summed E-state index contributed by atoms with van der Waals surface area (Å²) >= 11 is 5.88. The lowest BCUT2D eigenvalue weighted by Gasteiger charge is -2.30. The Labute approximate surface area is 199 Å². The Hall–Kier alpha value is -2.81. The fourth-order valence-corrected chi connectivity index (χ4v) is 3.69. The predicted molar refractivity (Wildman–Crippen MR) is 130 cm³/mol. The van der Waals surface area contributed by atoms with Crippen LogP contribution in [0.3, 0.4) is 0 Å². The monoisotopic (exact) mass is 474 g/mol. The van der Waals surface area contributed by atoms with Gasteiger partial charge in [-0.1, -0.05) is 18.5 Å². The van der Waals surface area contributed by atoms with E-state index in [1.807, 2.05) is 6.92 Å². The van der Waals surface area contributed by atoms with Gasteiger partial charge in [-0.15, -0.1) is 0 Å². The minimum absolute atomic E-state index is 0.0908. The van der Waals surface area contributed by atoms with Crippen molar-refractivity contribution in [3.05, 3.63) is 53.1 Å². The molecular formula is C24H31ClN4O4. The molecule has 1 heterocycles. The van der Waals surface area contributed by atoms with Crippen LogP contribution in [0, 0.1) is 5.92 Å². The van der Waals surface area contributed by atoms with Crippen LogP contribution in [0.1, 0.15) is 24.2 Å². The summed E-state index contributed by atoms with van der Waals surface area (Å²) in [4.78, 5) is 27.4. The van der Waals surface area contributed by atoms with Crippen molar-refractivity contribution < 1.29 is 19.1 Å². The van der Waals surface area contributed by atoms with Crippen LogP contribution in [0.25, 0.3) is 0 Å². The number of hydrogen-bond donors (Lipinski definition) is 3. The van der Waals surface area contributed by atoms with E-state index in [-0.39, 0.29) is 24.0 Å². The van der Waals surface area contributed by atoms with Crippen LogP contribution in [-0.2, 0) is 4.74 Å². The van der Waals surface area contributed by atoms with Crippen LogP contribution < -0.4 is 20.7 Å². The van der Waals surface area contributed by atoms with Gasteiger partial charge >= 0.3 is 6.03 Å². The Morgan fingerprint density at radius 1 is 1.15 bits per heavy atom. The Kier molecular flexibility index (Phi) is 8.55. The standard InChI is InChI=1S/C24H31ClN4O4/c1-15-12-26-16(2)14-33-21-10-9-19(11-20(21)23(30)29(3)13-22(15)32-4)28-24(31)27-18-7-5-17(25)6-8-18/h5-11,15-16,22,26H,12-14H2,1-4H3,(H2,27,28,31)/t15-,16-,22+/m1/s1. The van der Waals surface area contributed by atoms with Crippen molar-refractivity contribution in [3.63, 3.8) is 0 Å². The number of likely N-dealkylation sites (N-methyl/N-ethyl adjacent to an activating group) is 1. The van der Waals surface area contributed by atoms with Crippen molar-refractivity contribution in [2.24, 2.45) is 5.92 Å². The molecule has 0 radical (unpaired) electrons. The van der Waals surface area contributed by atoms with Gasteiger partial charge < -0.3 is 30.3 Å². The Morgan fingerprint density at radius 2 is 1.82 bits per heavy atom. The van der Waals surface area contributed by atoms with Gasteiger partial charge in [-0.3, -0.25) is 4.79 Å². The minimum atomic E-state index is -0.432. The number of methoxy groups -OCH3 is 1. The fourth-order valence-electron chi connectivity index (χ4n) is 3.56. The number of carbonyl (C=O) groups is 2. The highest BCUT2D eigenvalue weighted by molar-refractivity contribution is 6.30. The van der Waals surface area contributed by atoms with E-state index >= 15 is 0 Å². The summed E-state index contributed by atoms with van der Waals surface area (Å²) in [5, 5.41) is 9.54. The van der Waals surface area contributed by atoms with Crippen molar-refractivity contribution >= 4 is 34.9 Å².